The number of benzene rings is 1. The highest BCUT2D eigenvalue weighted by Crippen LogP contribution is 2.34. The number of aromatic amines is 3. The third-order valence-corrected chi connectivity index (χ3v) is 6.74. The number of fused-ring (bicyclic) bond motifs is 8. The van der Waals surface area contributed by atoms with Gasteiger partial charge in [-0.15, -0.1) is 11.3 Å². The van der Waals surface area contributed by atoms with Crippen LogP contribution in [0.2, 0.25) is 0 Å². The van der Waals surface area contributed by atoms with Gasteiger partial charge in [-0.25, -0.2) is 22.0 Å². The maximum atomic E-state index is 14.9. The van der Waals surface area contributed by atoms with Crippen LogP contribution < -0.4 is 21.4 Å². The van der Waals surface area contributed by atoms with E-state index in [9.17, 15) is 22.0 Å². The molecule has 3 nitrogen and oxygen atoms in total. The Morgan fingerprint density at radius 3 is 1.77 bits per heavy atom. The predicted octanol–water partition coefficient (Wildman–Crippen LogP) is 3.48. The van der Waals surface area contributed by atoms with Crippen LogP contribution in [0.25, 0.3) is 23.8 Å². The Morgan fingerprint density at radius 1 is 0.514 bits per heavy atom. The van der Waals surface area contributed by atoms with Gasteiger partial charge >= 0.3 is 0 Å². The molecule has 5 aromatic rings. The summed E-state index contributed by atoms with van der Waals surface area (Å²) in [6.07, 6.45) is 5.56. The first-order chi connectivity index (χ1) is 16.9. The highest BCUT2D eigenvalue weighted by molar-refractivity contribution is 7.14. The lowest BCUT2D eigenvalue weighted by Crippen LogP contribution is -2.17. The fraction of sp³-hybridized carbons (Fsp3) is 0. The van der Waals surface area contributed by atoms with Gasteiger partial charge in [-0.1, -0.05) is 0 Å². The van der Waals surface area contributed by atoms with Crippen molar-refractivity contribution in [2.45, 2.75) is 0 Å². The van der Waals surface area contributed by atoms with Crippen molar-refractivity contribution in [2.24, 2.45) is 0 Å². The Kier molecular flexibility index (Phi) is 4.89. The zero-order chi connectivity index (χ0) is 24.3. The number of rotatable bonds is 1. The van der Waals surface area contributed by atoms with Crippen molar-refractivity contribution in [1.29, 1.82) is 0 Å². The van der Waals surface area contributed by atoms with Gasteiger partial charge in [0.05, 0.1) is 5.56 Å². The number of H-pyrrole nitrogens is 3. The average molecular weight is 495 g/mol. The average Bonchev–Trinajstić information content (AvgIpc) is 3.64. The van der Waals surface area contributed by atoms with Crippen molar-refractivity contribution in [3.05, 3.63) is 126 Å². The van der Waals surface area contributed by atoms with Gasteiger partial charge in [0.15, 0.2) is 23.3 Å². The van der Waals surface area contributed by atoms with Gasteiger partial charge in [0.2, 0.25) is 5.82 Å². The van der Waals surface area contributed by atoms with Crippen LogP contribution in [-0.2, 0) is 0 Å². The third kappa shape index (κ3) is 3.64. The molecule has 6 rings (SSSR count). The molecule has 174 valence electrons. The van der Waals surface area contributed by atoms with Crippen molar-refractivity contribution in [2.75, 3.05) is 0 Å². The van der Waals surface area contributed by atoms with Crippen LogP contribution in [-0.4, -0.2) is 15.0 Å². The number of aromatic nitrogens is 3. The molecule has 8 bridgehead atoms. The minimum absolute atomic E-state index is 0.123. The molecule has 5 heterocycles. The zero-order valence-corrected chi connectivity index (χ0v) is 18.5. The minimum atomic E-state index is -2.19. The first kappa shape index (κ1) is 21.4. The normalized spacial score (nSPS) is 12.8. The summed E-state index contributed by atoms with van der Waals surface area (Å²) in [6, 6.07) is 14.1. The van der Waals surface area contributed by atoms with E-state index in [-0.39, 0.29) is 10.9 Å². The summed E-state index contributed by atoms with van der Waals surface area (Å²) in [5, 5.41) is 2.44. The SMILES string of the molecule is Fc1c(F)c(F)c(C2=c3ccc([nH]3)=Cc3ccc([nH]3)C=c3ccc([nH]3)=Cc3ccc2s3)c(F)c1F. The van der Waals surface area contributed by atoms with Gasteiger partial charge in [-0.2, -0.15) is 0 Å². The van der Waals surface area contributed by atoms with Crippen LogP contribution in [0.5, 0.6) is 0 Å². The van der Waals surface area contributed by atoms with Crippen LogP contribution in [0, 0.1) is 29.1 Å². The molecule has 35 heavy (non-hydrogen) atoms. The summed E-state index contributed by atoms with van der Waals surface area (Å²) in [5.74, 6) is -9.95. The van der Waals surface area contributed by atoms with Crippen LogP contribution in [0.4, 0.5) is 22.0 Å². The lowest BCUT2D eigenvalue weighted by molar-refractivity contribution is 0.376. The maximum Gasteiger partial charge on any atom is 0.200 e. The van der Waals surface area contributed by atoms with Crippen molar-refractivity contribution in [3.8, 4) is 0 Å². The van der Waals surface area contributed by atoms with Crippen molar-refractivity contribution in [3.63, 3.8) is 0 Å². The van der Waals surface area contributed by atoms with E-state index in [1.807, 2.05) is 36.4 Å². The fourth-order valence-corrected chi connectivity index (χ4v) is 5.13. The summed E-state index contributed by atoms with van der Waals surface area (Å²) in [5.41, 5.74) is 0.506. The first-order valence-corrected chi connectivity index (χ1v) is 11.3. The smallest absolute Gasteiger partial charge is 0.200 e. The molecule has 0 unspecified atom stereocenters. The van der Waals surface area contributed by atoms with Gasteiger partial charge in [0.25, 0.3) is 0 Å². The van der Waals surface area contributed by atoms with Crippen molar-refractivity contribution >= 4 is 35.1 Å². The molecule has 0 aliphatic carbocycles. The Labute approximate surface area is 197 Å². The molecule has 0 fully saturated rings. The number of thiophene rings is 1. The second-order valence-corrected chi connectivity index (χ2v) is 9.14. The first-order valence-electron chi connectivity index (χ1n) is 10.5. The number of halogens is 5. The van der Waals surface area contributed by atoms with Crippen molar-refractivity contribution in [1.82, 2.24) is 15.0 Å². The molecule has 1 aliphatic heterocycles. The van der Waals surface area contributed by atoms with Crippen molar-refractivity contribution < 1.29 is 22.0 Å². The van der Waals surface area contributed by atoms with E-state index in [1.165, 1.54) is 11.3 Å². The molecule has 9 heteroatoms. The summed E-state index contributed by atoms with van der Waals surface area (Å²) in [4.78, 5) is 10.6. The monoisotopic (exact) mass is 495 g/mol. The summed E-state index contributed by atoms with van der Waals surface area (Å²) >= 11 is 1.17. The highest BCUT2D eigenvalue weighted by atomic mass is 32.1. The molecule has 3 N–H and O–H groups in total. The molecule has 0 atom stereocenters. The summed E-state index contributed by atoms with van der Waals surface area (Å²) in [7, 11) is 0. The number of nitrogens with one attached hydrogen (secondary N) is 3. The lowest BCUT2D eigenvalue weighted by atomic mass is 10.0. The number of hydrogen-bond donors (Lipinski definition) is 3. The predicted molar refractivity (Wildman–Crippen MR) is 124 cm³/mol. The molecule has 0 amide bonds. The van der Waals surface area contributed by atoms with E-state index >= 15 is 0 Å². The van der Waals surface area contributed by atoms with Gasteiger partial charge in [-0.3, -0.25) is 0 Å². The Morgan fingerprint density at radius 2 is 1.09 bits per heavy atom. The molecular formula is C26H14F5N3S. The van der Waals surface area contributed by atoms with Gasteiger partial charge in [0, 0.05) is 48.1 Å². The van der Waals surface area contributed by atoms with Gasteiger partial charge < -0.3 is 15.0 Å². The van der Waals surface area contributed by atoms with E-state index < -0.39 is 34.6 Å². The van der Waals surface area contributed by atoms with Gasteiger partial charge in [-0.05, 0) is 66.8 Å². The zero-order valence-electron chi connectivity index (χ0n) is 17.6. The van der Waals surface area contributed by atoms with Crippen LogP contribution in [0.3, 0.4) is 0 Å². The maximum absolute atomic E-state index is 14.9. The molecule has 4 aromatic heterocycles. The molecule has 1 aromatic carbocycles. The molecule has 0 spiro atoms. The molecular weight excluding hydrogens is 481 g/mol. The van der Waals surface area contributed by atoms with E-state index in [0.29, 0.717) is 10.2 Å². The standard InChI is InChI=1S/C26H14F5N3S/c27-22-21(23(28)25(30)26(31)24(22)29)20-18-7-5-15(34-18)10-14-2-1-12(32-14)9-13-3-4-16(33-13)11-17-6-8-19(20)35-17/h1-11,32-34H. The van der Waals surface area contributed by atoms with E-state index in [4.69, 9.17) is 0 Å². The van der Waals surface area contributed by atoms with E-state index in [2.05, 4.69) is 15.0 Å². The molecule has 0 saturated carbocycles. The van der Waals surface area contributed by atoms with Crippen LogP contribution in [0.1, 0.15) is 26.7 Å². The second kappa shape index (κ2) is 7.99. The van der Waals surface area contributed by atoms with Crippen LogP contribution in [0.15, 0.2) is 48.5 Å². The largest absolute Gasteiger partial charge is 0.355 e. The second-order valence-electron chi connectivity index (χ2n) is 8.02. The molecule has 1 aliphatic rings. The Balaban J connectivity index is 1.72. The molecule has 0 saturated heterocycles. The highest BCUT2D eigenvalue weighted by Gasteiger charge is 2.29. The van der Waals surface area contributed by atoms with Crippen LogP contribution >= 0.6 is 11.3 Å². The quantitative estimate of drug-likeness (QED) is 0.178. The van der Waals surface area contributed by atoms with E-state index in [1.54, 1.807) is 30.3 Å². The molecule has 0 radical (unpaired) electrons. The fourth-order valence-electron chi connectivity index (χ4n) is 4.11. The third-order valence-electron chi connectivity index (χ3n) is 5.69. The Bertz CT molecular complexity index is 1840. The number of hydrogen-bond acceptors (Lipinski definition) is 1. The minimum Gasteiger partial charge on any atom is -0.355 e. The summed E-state index contributed by atoms with van der Waals surface area (Å²) < 4.78 is 71.9. The van der Waals surface area contributed by atoms with E-state index in [0.717, 1.165) is 27.0 Å². The van der Waals surface area contributed by atoms with Gasteiger partial charge in [0.1, 0.15) is 0 Å². The summed E-state index contributed by atoms with van der Waals surface area (Å²) in [6.45, 7) is 0. The Hall–Kier alpha value is -4.11. The topological polar surface area (TPSA) is 47.4 Å². The lowest BCUT2D eigenvalue weighted by Gasteiger charge is -2.10.